The molecule has 0 radical (unpaired) electrons. The fraction of sp³-hybridized carbons (Fsp3) is 0.500. The number of amides is 1. The van der Waals surface area contributed by atoms with Crippen LogP contribution in [-0.4, -0.2) is 29.9 Å². The maximum Gasteiger partial charge on any atom is 0.227 e. The Balaban J connectivity index is 0.00000156. The topological polar surface area (TPSA) is 59.5 Å². The lowest BCUT2D eigenvalue weighted by Gasteiger charge is -2.30. The predicted molar refractivity (Wildman–Crippen MR) is 93.0 cm³/mol. The second-order valence-electron chi connectivity index (χ2n) is 6.63. The van der Waals surface area contributed by atoms with Crippen molar-refractivity contribution in [2.45, 2.75) is 44.6 Å². The first-order valence-corrected chi connectivity index (χ1v) is 8.26. The zero-order chi connectivity index (χ0) is 15.1. The van der Waals surface area contributed by atoms with Gasteiger partial charge in [0, 0.05) is 30.1 Å². The molecule has 1 aliphatic heterocycles. The maximum absolute atomic E-state index is 12.5. The summed E-state index contributed by atoms with van der Waals surface area (Å²) >= 11 is 0. The first kappa shape index (κ1) is 16.3. The van der Waals surface area contributed by atoms with Crippen LogP contribution in [0.5, 0.6) is 0 Å². The first-order chi connectivity index (χ1) is 10.7. The summed E-state index contributed by atoms with van der Waals surface area (Å²) in [4.78, 5) is 14.4. The molecule has 1 aromatic carbocycles. The Bertz CT molecular complexity index is 717. The monoisotopic (exact) mass is 334 g/mol. The number of likely N-dealkylation sites (tertiary alicyclic amines) is 1. The third kappa shape index (κ3) is 3.10. The Morgan fingerprint density at radius 2 is 1.91 bits per heavy atom. The molecule has 2 aromatic rings. The molecular weight excluding hydrogens is 312 g/mol. The molecule has 23 heavy (non-hydrogen) atoms. The predicted octanol–water partition coefficient (Wildman–Crippen LogP) is 2.84. The molecule has 5 heteroatoms. The molecule has 4 rings (SSSR count). The lowest BCUT2D eigenvalue weighted by molar-refractivity contribution is -0.131. The number of benzene rings is 1. The zero-order valence-corrected chi connectivity index (χ0v) is 14.0. The highest BCUT2D eigenvalue weighted by Gasteiger charge is 2.22. The van der Waals surface area contributed by atoms with Gasteiger partial charge in [-0.2, -0.15) is 0 Å². The van der Waals surface area contributed by atoms with Gasteiger partial charge < -0.3 is 15.1 Å². The van der Waals surface area contributed by atoms with Crippen molar-refractivity contribution in [3.63, 3.8) is 0 Å². The van der Waals surface area contributed by atoms with Crippen molar-refractivity contribution < 1.29 is 9.21 Å². The van der Waals surface area contributed by atoms with Crippen LogP contribution >= 0.6 is 12.4 Å². The largest absolute Gasteiger partial charge is 0.464 e. The van der Waals surface area contributed by atoms with Gasteiger partial charge in [-0.05, 0) is 55.4 Å². The second-order valence-corrected chi connectivity index (χ2v) is 6.63. The number of hydrogen-bond acceptors (Lipinski definition) is 3. The van der Waals surface area contributed by atoms with Crippen molar-refractivity contribution in [1.82, 2.24) is 4.90 Å². The molecule has 0 unspecified atom stereocenters. The van der Waals surface area contributed by atoms with Crippen molar-refractivity contribution in [2.75, 3.05) is 13.1 Å². The van der Waals surface area contributed by atoms with E-state index in [1.165, 1.54) is 17.5 Å². The summed E-state index contributed by atoms with van der Waals surface area (Å²) in [6, 6.07) is 4.64. The van der Waals surface area contributed by atoms with Gasteiger partial charge in [0.05, 0.1) is 12.7 Å². The number of fused-ring (bicyclic) bond motifs is 2. The summed E-state index contributed by atoms with van der Waals surface area (Å²) < 4.78 is 5.69. The summed E-state index contributed by atoms with van der Waals surface area (Å²) in [6.07, 6.45) is 7.53. The fourth-order valence-corrected chi connectivity index (χ4v) is 3.71. The van der Waals surface area contributed by atoms with Crippen molar-refractivity contribution in [3.8, 4) is 0 Å². The van der Waals surface area contributed by atoms with Gasteiger partial charge in [-0.15, -0.1) is 12.4 Å². The Kier molecular flexibility index (Phi) is 4.64. The number of carbonyl (C=O) groups excluding carboxylic acids is 1. The van der Waals surface area contributed by atoms with Crippen molar-refractivity contribution in [1.29, 1.82) is 0 Å². The molecule has 2 heterocycles. The van der Waals surface area contributed by atoms with E-state index >= 15 is 0 Å². The van der Waals surface area contributed by atoms with Gasteiger partial charge in [0.1, 0.15) is 5.58 Å². The van der Waals surface area contributed by atoms with E-state index in [1.54, 1.807) is 6.26 Å². The van der Waals surface area contributed by atoms with Crippen LogP contribution in [0.25, 0.3) is 11.0 Å². The molecule has 2 aliphatic rings. The number of halogens is 1. The molecule has 1 aliphatic carbocycles. The SMILES string of the molecule is Cl.NC1CCN(C(=O)Cc2coc3cc4c(cc23)CCC4)CC1. The Morgan fingerprint density at radius 3 is 2.65 bits per heavy atom. The second kappa shape index (κ2) is 6.54. The number of hydrogen-bond donors (Lipinski definition) is 1. The van der Waals surface area contributed by atoms with E-state index in [2.05, 4.69) is 12.1 Å². The molecule has 124 valence electrons. The summed E-state index contributed by atoms with van der Waals surface area (Å²) in [6.45, 7) is 1.57. The van der Waals surface area contributed by atoms with Gasteiger partial charge in [0.25, 0.3) is 0 Å². The Morgan fingerprint density at radius 1 is 1.22 bits per heavy atom. The number of carbonyl (C=O) groups is 1. The van der Waals surface area contributed by atoms with Crippen LogP contribution in [0.1, 0.15) is 36.0 Å². The molecule has 2 N–H and O–H groups in total. The van der Waals surface area contributed by atoms with E-state index in [4.69, 9.17) is 10.2 Å². The number of nitrogens with zero attached hydrogens (tertiary/aromatic N) is 1. The number of furan rings is 1. The average Bonchev–Trinajstić information content (AvgIpc) is 3.12. The van der Waals surface area contributed by atoms with E-state index < -0.39 is 0 Å². The summed E-state index contributed by atoms with van der Waals surface area (Å²) in [5.41, 5.74) is 10.7. The minimum Gasteiger partial charge on any atom is -0.464 e. The minimum atomic E-state index is 0. The number of nitrogens with two attached hydrogens (primary N) is 1. The van der Waals surface area contributed by atoms with Crippen molar-refractivity contribution in [3.05, 3.63) is 35.1 Å². The Hall–Kier alpha value is -1.52. The van der Waals surface area contributed by atoms with Gasteiger partial charge in [-0.25, -0.2) is 0 Å². The lowest BCUT2D eigenvalue weighted by Crippen LogP contribution is -2.43. The molecule has 1 saturated heterocycles. The molecule has 0 saturated carbocycles. The highest BCUT2D eigenvalue weighted by molar-refractivity contribution is 5.88. The highest BCUT2D eigenvalue weighted by Crippen LogP contribution is 2.30. The highest BCUT2D eigenvalue weighted by atomic mass is 35.5. The lowest BCUT2D eigenvalue weighted by atomic mass is 10.0. The molecule has 1 fully saturated rings. The normalized spacial score (nSPS) is 18.0. The van der Waals surface area contributed by atoms with Gasteiger partial charge in [-0.1, -0.05) is 0 Å². The molecule has 0 spiro atoms. The van der Waals surface area contributed by atoms with Gasteiger partial charge >= 0.3 is 0 Å². The van der Waals surface area contributed by atoms with Crippen LogP contribution in [0.2, 0.25) is 0 Å². The zero-order valence-electron chi connectivity index (χ0n) is 13.2. The van der Waals surface area contributed by atoms with E-state index in [0.29, 0.717) is 6.42 Å². The molecule has 0 bridgehead atoms. The van der Waals surface area contributed by atoms with Crippen LogP contribution in [-0.2, 0) is 24.1 Å². The average molecular weight is 335 g/mol. The Labute approximate surface area is 142 Å². The number of rotatable bonds is 2. The van der Waals surface area contributed by atoms with Crippen LogP contribution in [0.3, 0.4) is 0 Å². The smallest absolute Gasteiger partial charge is 0.227 e. The standard InChI is InChI=1S/C18H22N2O2.ClH/c19-15-4-6-20(7-5-15)18(21)10-14-11-22-17-9-13-3-1-2-12(13)8-16(14)17;/h8-9,11,15H,1-7,10,19H2;1H. The van der Waals surface area contributed by atoms with Gasteiger partial charge in [0.15, 0.2) is 0 Å². The fourth-order valence-electron chi connectivity index (χ4n) is 3.71. The van der Waals surface area contributed by atoms with Crippen LogP contribution in [0, 0.1) is 0 Å². The molecular formula is C18H23ClN2O2. The third-order valence-corrected chi connectivity index (χ3v) is 5.10. The van der Waals surface area contributed by atoms with Crippen LogP contribution in [0.15, 0.2) is 22.8 Å². The minimum absolute atomic E-state index is 0. The summed E-state index contributed by atoms with van der Waals surface area (Å²) in [5, 5.41) is 1.11. The first-order valence-electron chi connectivity index (χ1n) is 8.26. The van der Waals surface area contributed by atoms with E-state index in [1.807, 2.05) is 4.90 Å². The van der Waals surface area contributed by atoms with Gasteiger partial charge in [0.2, 0.25) is 5.91 Å². The molecule has 1 amide bonds. The number of aryl methyl sites for hydroxylation is 2. The maximum atomic E-state index is 12.5. The van der Waals surface area contributed by atoms with E-state index in [9.17, 15) is 4.79 Å². The van der Waals surface area contributed by atoms with Crippen molar-refractivity contribution in [2.24, 2.45) is 5.73 Å². The summed E-state index contributed by atoms with van der Waals surface area (Å²) in [5.74, 6) is 0.190. The van der Waals surface area contributed by atoms with Crippen LogP contribution < -0.4 is 5.73 Å². The van der Waals surface area contributed by atoms with Crippen molar-refractivity contribution >= 4 is 29.3 Å². The van der Waals surface area contributed by atoms with Gasteiger partial charge in [-0.3, -0.25) is 4.79 Å². The molecule has 4 nitrogen and oxygen atoms in total. The third-order valence-electron chi connectivity index (χ3n) is 5.10. The molecule has 0 atom stereocenters. The van der Waals surface area contributed by atoms with E-state index in [-0.39, 0.29) is 24.4 Å². The quantitative estimate of drug-likeness (QED) is 0.918. The van der Waals surface area contributed by atoms with Crippen LogP contribution in [0.4, 0.5) is 0 Å². The summed E-state index contributed by atoms with van der Waals surface area (Å²) in [7, 11) is 0. The van der Waals surface area contributed by atoms with E-state index in [0.717, 1.165) is 55.3 Å². The number of piperidine rings is 1. The molecule has 1 aromatic heterocycles.